The Kier molecular flexibility index (Phi) is 2.49. The van der Waals surface area contributed by atoms with Crippen LogP contribution in [0.1, 0.15) is 24.8 Å². The van der Waals surface area contributed by atoms with E-state index < -0.39 is 0 Å². The number of hydrogen-bond donors (Lipinski definition) is 0. The highest BCUT2D eigenvalue weighted by Gasteiger charge is 1.99. The van der Waals surface area contributed by atoms with Crippen LogP contribution in [0.25, 0.3) is 0 Å². The molecule has 1 aromatic carbocycles. The second-order valence-corrected chi connectivity index (χ2v) is 2.37. The van der Waals surface area contributed by atoms with Crippen molar-refractivity contribution < 1.29 is 0 Å². The quantitative estimate of drug-likeness (QED) is 0.579. The normalized spacial score (nSPS) is 13.0. The maximum atomic E-state index is 7.56. The first-order chi connectivity index (χ1) is 4.84. The molecule has 1 atom stereocenters. The van der Waals surface area contributed by atoms with Gasteiger partial charge in [-0.3, -0.25) is 0 Å². The number of rotatable bonds is 2. The van der Waals surface area contributed by atoms with E-state index >= 15 is 0 Å². The summed E-state index contributed by atoms with van der Waals surface area (Å²) in [5.41, 5.74) is 1.12. The molecular formula is C10H11. The molecule has 1 rings (SSSR count). The van der Waals surface area contributed by atoms with Gasteiger partial charge in [0.1, 0.15) is 0 Å². The minimum absolute atomic E-state index is 0.0406. The Balaban J connectivity index is 2.75. The maximum Gasteiger partial charge on any atom is -0.000615 e. The standard InChI is InChI=1S/C10H11/c1-3-9(2)10-7-5-4-6-8-10/h4-9H,3H2,1H3. The molecule has 0 saturated heterocycles. The van der Waals surface area contributed by atoms with Gasteiger partial charge < -0.3 is 0 Å². The van der Waals surface area contributed by atoms with E-state index in [4.69, 9.17) is 6.92 Å². The molecule has 1 unspecified atom stereocenters. The van der Waals surface area contributed by atoms with Gasteiger partial charge in [-0.1, -0.05) is 37.3 Å². The Bertz CT molecular complexity index is 176. The van der Waals surface area contributed by atoms with Gasteiger partial charge in [-0.25, -0.2) is 0 Å². The van der Waals surface area contributed by atoms with Crippen molar-refractivity contribution in [3.63, 3.8) is 0 Å². The van der Waals surface area contributed by atoms with Crippen LogP contribution in [0, 0.1) is 6.92 Å². The lowest BCUT2D eigenvalue weighted by atomic mass is 9.99. The molecule has 0 nitrogen and oxygen atoms in total. The molecule has 3 radical (unpaired) electrons. The van der Waals surface area contributed by atoms with E-state index in [-0.39, 0.29) is 5.92 Å². The SMILES string of the molecule is [C]C(CC)c1ccccc1. The Labute approximate surface area is 62.9 Å². The van der Waals surface area contributed by atoms with Crippen LogP contribution in [-0.4, -0.2) is 0 Å². The van der Waals surface area contributed by atoms with Gasteiger partial charge in [0.2, 0.25) is 0 Å². The first kappa shape index (κ1) is 7.33. The molecule has 0 heteroatoms. The van der Waals surface area contributed by atoms with Gasteiger partial charge in [-0.15, -0.1) is 0 Å². The first-order valence-corrected chi connectivity index (χ1v) is 3.60. The van der Waals surface area contributed by atoms with Crippen LogP contribution in [0.2, 0.25) is 0 Å². The fourth-order valence-electron chi connectivity index (χ4n) is 0.921. The molecule has 0 aliphatic rings. The van der Waals surface area contributed by atoms with Crippen LogP contribution in [0.3, 0.4) is 0 Å². The van der Waals surface area contributed by atoms with Crippen molar-refractivity contribution in [2.45, 2.75) is 19.3 Å². The highest BCUT2D eigenvalue weighted by atomic mass is 14.0. The molecule has 0 fully saturated rings. The minimum atomic E-state index is -0.0406. The number of benzene rings is 1. The van der Waals surface area contributed by atoms with Crippen molar-refractivity contribution in [2.24, 2.45) is 0 Å². The summed E-state index contributed by atoms with van der Waals surface area (Å²) in [4.78, 5) is 0. The Morgan fingerprint density at radius 3 is 2.40 bits per heavy atom. The summed E-state index contributed by atoms with van der Waals surface area (Å²) in [6, 6.07) is 9.94. The van der Waals surface area contributed by atoms with E-state index in [0.29, 0.717) is 0 Å². The molecule has 0 saturated carbocycles. The maximum absolute atomic E-state index is 7.56. The lowest BCUT2D eigenvalue weighted by molar-refractivity contribution is 0.802. The fourth-order valence-corrected chi connectivity index (χ4v) is 0.921. The zero-order valence-electron chi connectivity index (χ0n) is 6.17. The van der Waals surface area contributed by atoms with Crippen molar-refractivity contribution in [1.82, 2.24) is 0 Å². The molecule has 0 aromatic heterocycles. The lowest BCUT2D eigenvalue weighted by Gasteiger charge is -2.05. The monoisotopic (exact) mass is 131 g/mol. The van der Waals surface area contributed by atoms with E-state index in [2.05, 4.69) is 0 Å². The van der Waals surface area contributed by atoms with Gasteiger partial charge in [0.15, 0.2) is 0 Å². The summed E-state index contributed by atoms with van der Waals surface area (Å²) >= 11 is 0. The molecule has 0 amide bonds. The average molecular weight is 131 g/mol. The predicted molar refractivity (Wildman–Crippen MR) is 42.7 cm³/mol. The van der Waals surface area contributed by atoms with Crippen molar-refractivity contribution in [1.29, 1.82) is 0 Å². The summed E-state index contributed by atoms with van der Waals surface area (Å²) in [5.74, 6) is -0.0406. The summed E-state index contributed by atoms with van der Waals surface area (Å²) in [6.45, 7) is 9.59. The van der Waals surface area contributed by atoms with Gasteiger partial charge in [-0.2, -0.15) is 0 Å². The van der Waals surface area contributed by atoms with Crippen LogP contribution in [0.15, 0.2) is 30.3 Å². The van der Waals surface area contributed by atoms with Crippen molar-refractivity contribution in [2.75, 3.05) is 0 Å². The second kappa shape index (κ2) is 3.40. The van der Waals surface area contributed by atoms with Gasteiger partial charge in [-0.05, 0) is 24.8 Å². The zero-order chi connectivity index (χ0) is 7.40. The van der Waals surface area contributed by atoms with E-state index in [9.17, 15) is 0 Å². The summed E-state index contributed by atoms with van der Waals surface area (Å²) < 4.78 is 0. The fraction of sp³-hybridized carbons (Fsp3) is 0.300. The van der Waals surface area contributed by atoms with Crippen molar-refractivity contribution >= 4 is 0 Å². The molecule has 0 bridgehead atoms. The molecule has 0 N–H and O–H groups in total. The van der Waals surface area contributed by atoms with E-state index in [0.717, 1.165) is 12.0 Å². The first-order valence-electron chi connectivity index (χ1n) is 3.60. The van der Waals surface area contributed by atoms with Crippen molar-refractivity contribution in [3.05, 3.63) is 42.8 Å². The van der Waals surface area contributed by atoms with Crippen LogP contribution in [0.5, 0.6) is 0 Å². The average Bonchev–Trinajstić information content (AvgIpc) is 2.05. The Hall–Kier alpha value is -0.780. The minimum Gasteiger partial charge on any atom is -0.0648 e. The largest absolute Gasteiger partial charge is 0.0648 e. The molecule has 1 aromatic rings. The molecule has 51 valence electrons. The zero-order valence-corrected chi connectivity index (χ0v) is 6.17. The van der Waals surface area contributed by atoms with Crippen molar-refractivity contribution in [3.8, 4) is 0 Å². The molecule has 0 spiro atoms. The molecule has 0 aliphatic heterocycles. The smallest absolute Gasteiger partial charge is 0.000615 e. The summed E-state index contributed by atoms with van der Waals surface area (Å²) in [7, 11) is 0. The number of hydrogen-bond acceptors (Lipinski definition) is 0. The Morgan fingerprint density at radius 2 is 1.90 bits per heavy atom. The summed E-state index contributed by atoms with van der Waals surface area (Å²) in [6.07, 6.45) is 0.893. The van der Waals surface area contributed by atoms with E-state index in [1.807, 2.05) is 37.3 Å². The van der Waals surface area contributed by atoms with Crippen LogP contribution < -0.4 is 0 Å². The third kappa shape index (κ3) is 1.60. The van der Waals surface area contributed by atoms with Crippen LogP contribution in [0.4, 0.5) is 0 Å². The highest BCUT2D eigenvalue weighted by Crippen LogP contribution is 2.16. The van der Waals surface area contributed by atoms with Gasteiger partial charge in [0.25, 0.3) is 0 Å². The topological polar surface area (TPSA) is 0 Å². The van der Waals surface area contributed by atoms with Gasteiger partial charge in [0.05, 0.1) is 0 Å². The molecular weight excluding hydrogens is 120 g/mol. The summed E-state index contributed by atoms with van der Waals surface area (Å²) in [5, 5.41) is 0. The third-order valence-electron chi connectivity index (χ3n) is 1.61. The Morgan fingerprint density at radius 1 is 1.30 bits per heavy atom. The van der Waals surface area contributed by atoms with Gasteiger partial charge >= 0.3 is 0 Å². The second-order valence-electron chi connectivity index (χ2n) is 2.37. The molecule has 0 aliphatic carbocycles. The molecule has 10 heavy (non-hydrogen) atoms. The van der Waals surface area contributed by atoms with E-state index in [1.54, 1.807) is 0 Å². The van der Waals surface area contributed by atoms with Crippen LogP contribution >= 0.6 is 0 Å². The third-order valence-corrected chi connectivity index (χ3v) is 1.61. The van der Waals surface area contributed by atoms with Crippen LogP contribution in [-0.2, 0) is 0 Å². The molecule has 0 heterocycles. The van der Waals surface area contributed by atoms with E-state index in [1.165, 1.54) is 0 Å². The predicted octanol–water partition coefficient (Wildman–Crippen LogP) is 2.77. The lowest BCUT2D eigenvalue weighted by Crippen LogP contribution is -1.89. The highest BCUT2D eigenvalue weighted by molar-refractivity contribution is 5.19. The van der Waals surface area contributed by atoms with Gasteiger partial charge in [0, 0.05) is 0 Å².